The number of benzene rings is 2. The normalized spacial score (nSPS) is 17.3. The predicted octanol–water partition coefficient (Wildman–Crippen LogP) is 7.72. The van der Waals surface area contributed by atoms with E-state index >= 15 is 0 Å². The zero-order chi connectivity index (χ0) is 25.0. The van der Waals surface area contributed by atoms with Crippen LogP contribution in [-0.2, 0) is 0 Å². The third-order valence-corrected chi connectivity index (χ3v) is 6.96. The van der Waals surface area contributed by atoms with E-state index in [2.05, 4.69) is 14.6 Å². The molecule has 1 N–H and O–H groups in total. The summed E-state index contributed by atoms with van der Waals surface area (Å²) in [6, 6.07) is 11.7. The standard InChI is InChI=1S/C17H20FN3OS2.C6H5F.CHF3/c18-13-10-12-14(21-6-2-1-3-7-21)4-8-22-15(12)11-16(13)24-20-17-19-5-9-23-17;7-6-4-2-1-3-5-6;2-1(3)4/h5,9-11,14H,1-4,6-8H2,(H,19,20);1-5H;1H. The van der Waals surface area contributed by atoms with Crippen LogP contribution in [-0.4, -0.2) is 36.3 Å². The summed E-state index contributed by atoms with van der Waals surface area (Å²) in [7, 11) is 0. The van der Waals surface area contributed by atoms with Crippen molar-refractivity contribution < 1.29 is 26.7 Å². The number of likely N-dealkylation sites (tertiary alicyclic amines) is 1. The van der Waals surface area contributed by atoms with Crippen LogP contribution < -0.4 is 9.46 Å². The van der Waals surface area contributed by atoms with E-state index in [9.17, 15) is 22.0 Å². The molecular weight excluding hydrogens is 505 g/mol. The van der Waals surface area contributed by atoms with Gasteiger partial charge in [-0.2, -0.15) is 13.2 Å². The lowest BCUT2D eigenvalue weighted by atomic mass is 9.96. The monoisotopic (exact) mass is 531 g/mol. The number of rotatable bonds is 4. The fraction of sp³-hybridized carbons (Fsp3) is 0.375. The molecule has 1 saturated heterocycles. The van der Waals surface area contributed by atoms with E-state index in [1.54, 1.807) is 30.5 Å². The van der Waals surface area contributed by atoms with Crippen LogP contribution in [0.2, 0.25) is 0 Å². The van der Waals surface area contributed by atoms with Gasteiger partial charge < -0.3 is 9.46 Å². The Bertz CT molecular complexity index is 1000. The average Bonchev–Trinajstić information content (AvgIpc) is 3.37. The fourth-order valence-corrected chi connectivity index (χ4v) is 5.11. The third-order valence-electron chi connectivity index (χ3n) is 5.32. The number of halogens is 5. The average molecular weight is 532 g/mol. The van der Waals surface area contributed by atoms with E-state index in [0.717, 1.165) is 36.0 Å². The van der Waals surface area contributed by atoms with Crippen molar-refractivity contribution in [2.45, 2.75) is 43.3 Å². The molecule has 4 nitrogen and oxygen atoms in total. The number of nitrogens with zero attached hydrogens (tertiary/aromatic N) is 2. The molecule has 35 heavy (non-hydrogen) atoms. The highest BCUT2D eigenvalue weighted by molar-refractivity contribution is 8.00. The summed E-state index contributed by atoms with van der Waals surface area (Å²) in [6.45, 7) is -0.758. The summed E-state index contributed by atoms with van der Waals surface area (Å²) in [5.74, 6) is 0.444. The lowest BCUT2D eigenvalue weighted by Crippen LogP contribution is -2.36. The smallest absolute Gasteiger partial charge is 0.379 e. The molecule has 0 spiro atoms. The molecule has 0 amide bonds. The van der Waals surface area contributed by atoms with Crippen molar-refractivity contribution in [2.75, 3.05) is 24.4 Å². The number of thiazole rings is 1. The molecule has 1 aromatic heterocycles. The van der Waals surface area contributed by atoms with Gasteiger partial charge in [0.05, 0.1) is 11.5 Å². The highest BCUT2D eigenvalue weighted by atomic mass is 32.2. The Morgan fingerprint density at radius 1 is 1.06 bits per heavy atom. The summed E-state index contributed by atoms with van der Waals surface area (Å²) < 4.78 is 64.4. The molecule has 3 aromatic rings. The molecule has 11 heteroatoms. The van der Waals surface area contributed by atoms with Gasteiger partial charge in [0.25, 0.3) is 0 Å². The molecular formula is C24H26F5N3OS2. The van der Waals surface area contributed by atoms with Crippen molar-refractivity contribution in [1.82, 2.24) is 9.88 Å². The summed E-state index contributed by atoms with van der Waals surface area (Å²) in [5.41, 5.74) is 0.999. The molecule has 1 atom stereocenters. The van der Waals surface area contributed by atoms with Crippen LogP contribution in [0, 0.1) is 11.6 Å². The van der Waals surface area contributed by atoms with E-state index in [1.807, 2.05) is 11.4 Å². The molecule has 0 aliphatic carbocycles. The van der Waals surface area contributed by atoms with Crippen molar-refractivity contribution in [2.24, 2.45) is 0 Å². The van der Waals surface area contributed by atoms with Gasteiger partial charge in [0, 0.05) is 29.6 Å². The summed E-state index contributed by atoms with van der Waals surface area (Å²) in [6.07, 6.45) is 6.44. The Morgan fingerprint density at radius 2 is 1.77 bits per heavy atom. The second kappa shape index (κ2) is 14.3. The molecule has 1 fully saturated rings. The summed E-state index contributed by atoms with van der Waals surface area (Å²) >= 11 is 2.74. The Balaban J connectivity index is 0.000000259. The van der Waals surface area contributed by atoms with Gasteiger partial charge in [-0.05, 0) is 62.1 Å². The number of nitrogens with one attached hydrogen (secondary N) is 1. The van der Waals surface area contributed by atoms with Crippen molar-refractivity contribution in [3.8, 4) is 5.75 Å². The van der Waals surface area contributed by atoms with E-state index in [1.165, 1.54) is 54.7 Å². The molecule has 3 heterocycles. The first-order valence-corrected chi connectivity index (χ1v) is 12.8. The number of aromatic nitrogens is 1. The Kier molecular flexibility index (Phi) is 11.1. The lowest BCUT2D eigenvalue weighted by molar-refractivity contribution is 0.00819. The molecule has 0 bridgehead atoms. The molecule has 5 rings (SSSR count). The van der Waals surface area contributed by atoms with Gasteiger partial charge in [-0.3, -0.25) is 4.90 Å². The SMILES string of the molecule is FC(F)F.Fc1cc2c(cc1SNc1nccs1)OCCC2N1CCCCC1.Fc1ccccc1. The van der Waals surface area contributed by atoms with Crippen molar-refractivity contribution in [3.05, 3.63) is 71.2 Å². The number of fused-ring (bicyclic) bond motifs is 1. The molecule has 2 aromatic carbocycles. The Labute approximate surface area is 209 Å². The topological polar surface area (TPSA) is 37.4 Å². The number of piperidine rings is 1. The molecule has 2 aliphatic heterocycles. The van der Waals surface area contributed by atoms with Crippen LogP contribution in [0.15, 0.2) is 58.9 Å². The van der Waals surface area contributed by atoms with Gasteiger partial charge in [0.2, 0.25) is 0 Å². The van der Waals surface area contributed by atoms with E-state index in [-0.39, 0.29) is 17.7 Å². The van der Waals surface area contributed by atoms with Gasteiger partial charge in [-0.25, -0.2) is 13.8 Å². The number of hydrogen-bond donors (Lipinski definition) is 1. The highest BCUT2D eigenvalue weighted by Gasteiger charge is 2.29. The van der Waals surface area contributed by atoms with Gasteiger partial charge in [0.1, 0.15) is 17.4 Å². The van der Waals surface area contributed by atoms with Crippen LogP contribution in [0.3, 0.4) is 0 Å². The minimum atomic E-state index is -3.67. The molecule has 1 unspecified atom stereocenters. The first-order valence-electron chi connectivity index (χ1n) is 11.1. The maximum absolute atomic E-state index is 14.6. The first kappa shape index (κ1) is 27.2. The van der Waals surface area contributed by atoms with Crippen LogP contribution in [0.1, 0.15) is 37.3 Å². The summed E-state index contributed by atoms with van der Waals surface area (Å²) in [4.78, 5) is 7.18. The van der Waals surface area contributed by atoms with Crippen LogP contribution in [0.5, 0.6) is 5.75 Å². The van der Waals surface area contributed by atoms with Crippen molar-refractivity contribution >= 4 is 28.4 Å². The first-order chi connectivity index (χ1) is 16.9. The minimum absolute atomic E-state index is 0.178. The van der Waals surface area contributed by atoms with E-state index in [0.29, 0.717) is 11.5 Å². The minimum Gasteiger partial charge on any atom is -0.493 e. The van der Waals surface area contributed by atoms with Gasteiger partial charge >= 0.3 is 6.68 Å². The van der Waals surface area contributed by atoms with Crippen LogP contribution >= 0.6 is 23.3 Å². The number of hydrogen-bond acceptors (Lipinski definition) is 6. The zero-order valence-electron chi connectivity index (χ0n) is 18.8. The van der Waals surface area contributed by atoms with Gasteiger partial charge in [-0.1, -0.05) is 24.6 Å². The number of ether oxygens (including phenoxy) is 1. The fourth-order valence-electron chi connectivity index (χ4n) is 3.85. The van der Waals surface area contributed by atoms with Crippen LogP contribution in [0.4, 0.5) is 27.1 Å². The molecule has 0 saturated carbocycles. The Morgan fingerprint density at radius 3 is 2.37 bits per heavy atom. The van der Waals surface area contributed by atoms with E-state index < -0.39 is 6.68 Å². The second-order valence-corrected chi connectivity index (χ2v) is 9.40. The molecule has 190 valence electrons. The maximum Gasteiger partial charge on any atom is 0.379 e. The van der Waals surface area contributed by atoms with Gasteiger partial charge in [-0.15, -0.1) is 11.3 Å². The molecule has 0 radical (unpaired) electrons. The predicted molar refractivity (Wildman–Crippen MR) is 130 cm³/mol. The van der Waals surface area contributed by atoms with E-state index in [4.69, 9.17) is 4.74 Å². The summed E-state index contributed by atoms with van der Waals surface area (Å²) in [5, 5.41) is 2.66. The quantitative estimate of drug-likeness (QED) is 0.276. The largest absolute Gasteiger partial charge is 0.493 e. The van der Waals surface area contributed by atoms with Gasteiger partial charge in [0.15, 0.2) is 5.13 Å². The third kappa shape index (κ3) is 8.97. The second-order valence-electron chi connectivity index (χ2n) is 7.65. The van der Waals surface area contributed by atoms with Crippen molar-refractivity contribution in [3.63, 3.8) is 0 Å². The maximum atomic E-state index is 14.6. The van der Waals surface area contributed by atoms with Crippen molar-refractivity contribution in [1.29, 1.82) is 0 Å². The number of alkyl halides is 3. The highest BCUT2D eigenvalue weighted by Crippen LogP contribution is 2.40. The lowest BCUT2D eigenvalue weighted by Gasteiger charge is -2.38. The van der Waals surface area contributed by atoms with Crippen LogP contribution in [0.25, 0.3) is 0 Å². The Hall–Kier alpha value is -2.37. The molecule has 2 aliphatic rings. The number of anilines is 1. The zero-order valence-corrected chi connectivity index (χ0v) is 20.4.